The van der Waals surface area contributed by atoms with Gasteiger partial charge in [-0.25, -0.2) is 0 Å². The Morgan fingerprint density at radius 2 is 1.84 bits per heavy atom. The van der Waals surface area contributed by atoms with Crippen LogP contribution < -0.4 is 5.73 Å². The highest BCUT2D eigenvalue weighted by Gasteiger charge is 2.32. The normalized spacial score (nSPS) is 18.4. The van der Waals surface area contributed by atoms with Crippen molar-refractivity contribution in [3.8, 4) is 0 Å². The summed E-state index contributed by atoms with van der Waals surface area (Å²) in [5, 5.41) is 0. The van der Waals surface area contributed by atoms with Gasteiger partial charge in [0.2, 0.25) is 0 Å². The summed E-state index contributed by atoms with van der Waals surface area (Å²) < 4.78 is 0. The Hall–Kier alpha value is -1.04. The minimum atomic E-state index is -0.182. The molecule has 0 amide bonds. The molecule has 4 nitrogen and oxygen atoms in total. The molecule has 1 fully saturated rings. The summed E-state index contributed by atoms with van der Waals surface area (Å²) in [7, 11) is 0. The maximum Gasteiger partial charge on any atom is 0.0928 e. The Bertz CT molecular complexity index is 424. The van der Waals surface area contributed by atoms with Crippen LogP contribution in [0, 0.1) is 0 Å². The van der Waals surface area contributed by atoms with Crippen molar-refractivity contribution >= 4 is 17.2 Å². The zero-order chi connectivity index (χ0) is 13.9. The number of thiocarbonyl (C=S) groups is 1. The number of piperazine rings is 1. The zero-order valence-corrected chi connectivity index (χ0v) is 12.5. The lowest BCUT2D eigenvalue weighted by atomic mass is 10.0. The molecule has 0 atom stereocenters. The van der Waals surface area contributed by atoms with Gasteiger partial charge in [0.05, 0.1) is 10.5 Å². The van der Waals surface area contributed by atoms with Crippen LogP contribution in [-0.2, 0) is 6.54 Å². The van der Waals surface area contributed by atoms with E-state index in [4.69, 9.17) is 18.0 Å². The van der Waals surface area contributed by atoms with Crippen molar-refractivity contribution in [1.29, 1.82) is 0 Å². The molecular formula is C14H22N4S. The summed E-state index contributed by atoms with van der Waals surface area (Å²) in [6, 6.07) is 4.15. The number of pyridine rings is 1. The van der Waals surface area contributed by atoms with Gasteiger partial charge < -0.3 is 5.73 Å². The number of nitrogens with two attached hydrogens (primary N) is 1. The second-order valence-corrected chi connectivity index (χ2v) is 5.98. The molecule has 0 saturated carbocycles. The molecule has 19 heavy (non-hydrogen) atoms. The summed E-state index contributed by atoms with van der Waals surface area (Å²) in [5.74, 6) is 0. The van der Waals surface area contributed by atoms with E-state index in [0.717, 1.165) is 32.7 Å². The first-order valence-corrected chi connectivity index (χ1v) is 7.07. The predicted molar refractivity (Wildman–Crippen MR) is 82.0 cm³/mol. The smallest absolute Gasteiger partial charge is 0.0928 e. The van der Waals surface area contributed by atoms with Crippen LogP contribution in [-0.4, -0.2) is 51.5 Å². The van der Waals surface area contributed by atoms with E-state index in [1.54, 1.807) is 0 Å². The van der Waals surface area contributed by atoms with Crippen LogP contribution in [0.4, 0.5) is 0 Å². The van der Waals surface area contributed by atoms with Crippen LogP contribution in [0.5, 0.6) is 0 Å². The van der Waals surface area contributed by atoms with Crippen LogP contribution >= 0.6 is 12.2 Å². The number of hydrogen-bond donors (Lipinski definition) is 1. The Kier molecular flexibility index (Phi) is 4.50. The lowest BCUT2D eigenvalue weighted by molar-refractivity contribution is 0.0821. The van der Waals surface area contributed by atoms with Gasteiger partial charge in [-0.05, 0) is 31.5 Å². The molecule has 0 aromatic carbocycles. The molecule has 2 heterocycles. The van der Waals surface area contributed by atoms with E-state index < -0.39 is 0 Å². The van der Waals surface area contributed by atoms with Crippen LogP contribution in [0.1, 0.15) is 19.4 Å². The molecular weight excluding hydrogens is 256 g/mol. The van der Waals surface area contributed by atoms with E-state index in [-0.39, 0.29) is 5.54 Å². The summed E-state index contributed by atoms with van der Waals surface area (Å²) in [5.41, 5.74) is 6.96. The van der Waals surface area contributed by atoms with E-state index >= 15 is 0 Å². The molecule has 0 bridgehead atoms. The minimum Gasteiger partial charge on any atom is -0.392 e. The molecule has 1 aliphatic heterocycles. The third-order valence-electron chi connectivity index (χ3n) is 3.92. The van der Waals surface area contributed by atoms with Gasteiger partial charge in [-0.2, -0.15) is 0 Å². The van der Waals surface area contributed by atoms with E-state index in [1.165, 1.54) is 5.56 Å². The van der Waals surface area contributed by atoms with Crippen molar-refractivity contribution in [2.24, 2.45) is 5.73 Å². The first-order valence-electron chi connectivity index (χ1n) is 6.66. The van der Waals surface area contributed by atoms with Crippen LogP contribution in [0.15, 0.2) is 24.5 Å². The molecule has 1 aliphatic rings. The van der Waals surface area contributed by atoms with Crippen LogP contribution in [0.25, 0.3) is 0 Å². The van der Waals surface area contributed by atoms with E-state index in [9.17, 15) is 0 Å². The molecule has 104 valence electrons. The highest BCUT2D eigenvalue weighted by atomic mass is 32.1. The molecule has 0 unspecified atom stereocenters. The fraction of sp³-hybridized carbons (Fsp3) is 0.571. The lowest BCUT2D eigenvalue weighted by Gasteiger charge is -2.43. The van der Waals surface area contributed by atoms with Gasteiger partial charge in [0.1, 0.15) is 0 Å². The standard InChI is InChI=1S/C14H22N4S/c1-14(2,13(15)19)18-9-7-17(8-10-18)11-12-3-5-16-6-4-12/h3-6H,7-11H2,1-2H3,(H2,15,19). The van der Waals surface area contributed by atoms with Crippen LogP contribution in [0.2, 0.25) is 0 Å². The number of nitrogens with zero attached hydrogens (tertiary/aromatic N) is 3. The number of aromatic nitrogens is 1. The van der Waals surface area contributed by atoms with Crippen molar-refractivity contribution in [2.75, 3.05) is 26.2 Å². The summed E-state index contributed by atoms with van der Waals surface area (Å²) in [6.07, 6.45) is 3.70. The predicted octanol–water partition coefficient (Wildman–Crippen LogP) is 1.26. The van der Waals surface area contributed by atoms with Crippen molar-refractivity contribution < 1.29 is 0 Å². The number of rotatable bonds is 4. The number of hydrogen-bond acceptors (Lipinski definition) is 4. The molecule has 1 aromatic rings. The minimum absolute atomic E-state index is 0.182. The average Bonchev–Trinajstić information content (AvgIpc) is 2.40. The Morgan fingerprint density at radius 1 is 1.26 bits per heavy atom. The van der Waals surface area contributed by atoms with Crippen molar-refractivity contribution in [3.63, 3.8) is 0 Å². The largest absolute Gasteiger partial charge is 0.392 e. The van der Waals surface area contributed by atoms with Crippen molar-refractivity contribution in [3.05, 3.63) is 30.1 Å². The molecule has 2 rings (SSSR count). The van der Waals surface area contributed by atoms with Gasteiger partial charge in [0.25, 0.3) is 0 Å². The van der Waals surface area contributed by atoms with Gasteiger partial charge >= 0.3 is 0 Å². The first-order chi connectivity index (χ1) is 9.00. The van der Waals surface area contributed by atoms with Gasteiger partial charge in [-0.3, -0.25) is 14.8 Å². The third-order valence-corrected chi connectivity index (χ3v) is 4.42. The maximum atomic E-state index is 5.83. The quantitative estimate of drug-likeness (QED) is 0.840. The molecule has 2 N–H and O–H groups in total. The molecule has 0 spiro atoms. The molecule has 1 saturated heterocycles. The Morgan fingerprint density at radius 3 is 2.37 bits per heavy atom. The highest BCUT2D eigenvalue weighted by molar-refractivity contribution is 7.80. The fourth-order valence-corrected chi connectivity index (χ4v) is 2.50. The van der Waals surface area contributed by atoms with Crippen LogP contribution in [0.3, 0.4) is 0 Å². The van der Waals surface area contributed by atoms with Gasteiger partial charge in [0.15, 0.2) is 0 Å². The highest BCUT2D eigenvalue weighted by Crippen LogP contribution is 2.18. The summed E-state index contributed by atoms with van der Waals surface area (Å²) in [4.78, 5) is 9.46. The second kappa shape index (κ2) is 5.94. The maximum absolute atomic E-state index is 5.83. The van der Waals surface area contributed by atoms with Crippen molar-refractivity contribution in [2.45, 2.75) is 25.9 Å². The molecule has 0 radical (unpaired) electrons. The molecule has 1 aromatic heterocycles. The molecule has 0 aliphatic carbocycles. The average molecular weight is 278 g/mol. The lowest BCUT2D eigenvalue weighted by Crippen LogP contribution is -2.59. The summed E-state index contributed by atoms with van der Waals surface area (Å²) in [6.45, 7) is 9.32. The Labute approximate surface area is 120 Å². The van der Waals surface area contributed by atoms with Gasteiger partial charge in [-0.15, -0.1) is 0 Å². The van der Waals surface area contributed by atoms with E-state index in [0.29, 0.717) is 4.99 Å². The zero-order valence-electron chi connectivity index (χ0n) is 11.7. The van der Waals surface area contributed by atoms with Gasteiger partial charge in [0, 0.05) is 45.1 Å². The Balaban J connectivity index is 1.88. The van der Waals surface area contributed by atoms with E-state index in [1.807, 2.05) is 12.4 Å². The first kappa shape index (κ1) is 14.4. The monoisotopic (exact) mass is 278 g/mol. The van der Waals surface area contributed by atoms with E-state index in [2.05, 4.69) is 40.8 Å². The SMILES string of the molecule is CC(C)(C(N)=S)N1CCN(Cc2ccncc2)CC1. The fourth-order valence-electron chi connectivity index (χ4n) is 2.37. The molecule has 5 heteroatoms. The third kappa shape index (κ3) is 3.49. The summed E-state index contributed by atoms with van der Waals surface area (Å²) >= 11 is 5.16. The second-order valence-electron chi connectivity index (χ2n) is 5.54. The topological polar surface area (TPSA) is 45.4 Å². The van der Waals surface area contributed by atoms with Crippen molar-refractivity contribution in [1.82, 2.24) is 14.8 Å². The van der Waals surface area contributed by atoms with Gasteiger partial charge in [-0.1, -0.05) is 12.2 Å².